The molecule has 0 saturated heterocycles. The van der Waals surface area contributed by atoms with Crippen molar-refractivity contribution in [1.82, 2.24) is 15.3 Å². The topological polar surface area (TPSA) is 66.9 Å². The molecule has 1 saturated carbocycles. The Morgan fingerprint density at radius 2 is 1.67 bits per heavy atom. The van der Waals surface area contributed by atoms with E-state index in [2.05, 4.69) is 32.7 Å². The highest BCUT2D eigenvalue weighted by Crippen LogP contribution is 2.25. The van der Waals surface area contributed by atoms with Gasteiger partial charge in [-0.25, -0.2) is 9.97 Å². The number of carbonyl (C=O) groups is 1. The molecule has 0 spiro atoms. The van der Waals surface area contributed by atoms with Gasteiger partial charge in [-0.2, -0.15) is 0 Å². The van der Waals surface area contributed by atoms with Crippen molar-refractivity contribution in [3.63, 3.8) is 0 Å². The van der Waals surface area contributed by atoms with Crippen LogP contribution < -0.4 is 10.6 Å². The second kappa shape index (κ2) is 7.99. The molecule has 5 heteroatoms. The van der Waals surface area contributed by atoms with Gasteiger partial charge in [0.15, 0.2) is 5.82 Å². The Balaban J connectivity index is 1.50. The Kier molecular flexibility index (Phi) is 5.10. The molecule has 1 aliphatic rings. The number of carbonyl (C=O) groups excluding carboxylic acids is 1. The Hall–Kier alpha value is -3.21. The van der Waals surface area contributed by atoms with E-state index in [9.17, 15) is 4.79 Å². The Labute approximate surface area is 158 Å². The normalized spacial score (nSPS) is 13.2. The maximum atomic E-state index is 12.6. The first-order valence-electron chi connectivity index (χ1n) is 9.31. The Morgan fingerprint density at radius 3 is 2.37 bits per heavy atom. The number of benzene rings is 2. The fourth-order valence-electron chi connectivity index (χ4n) is 2.85. The fourth-order valence-corrected chi connectivity index (χ4v) is 2.85. The predicted octanol–water partition coefficient (Wildman–Crippen LogP) is 3.69. The summed E-state index contributed by atoms with van der Waals surface area (Å²) in [6.07, 6.45) is 3.07. The molecular formula is C22H22N4O. The monoisotopic (exact) mass is 358 g/mol. The second-order valence-corrected chi connectivity index (χ2v) is 6.74. The van der Waals surface area contributed by atoms with Crippen molar-refractivity contribution in [3.8, 4) is 11.4 Å². The van der Waals surface area contributed by atoms with Gasteiger partial charge in [-0.05, 0) is 24.8 Å². The lowest BCUT2D eigenvalue weighted by molar-refractivity contribution is 0.0949. The van der Waals surface area contributed by atoms with E-state index >= 15 is 0 Å². The molecule has 1 amide bonds. The van der Waals surface area contributed by atoms with Crippen molar-refractivity contribution in [2.75, 3.05) is 11.9 Å². The van der Waals surface area contributed by atoms with Crippen molar-refractivity contribution >= 4 is 11.7 Å². The van der Waals surface area contributed by atoms with Crippen LogP contribution in [0.1, 0.15) is 28.9 Å². The number of nitrogens with one attached hydrogen (secondary N) is 2. The SMILES string of the molecule is O=C(NCCc1ccccc1)c1cc(NC2CC2)nc(-c2ccccc2)n1. The molecule has 4 rings (SSSR count). The number of aromatic nitrogens is 2. The van der Waals surface area contributed by atoms with Gasteiger partial charge in [0.2, 0.25) is 0 Å². The van der Waals surface area contributed by atoms with Crippen molar-refractivity contribution < 1.29 is 4.79 Å². The van der Waals surface area contributed by atoms with E-state index in [1.165, 1.54) is 5.56 Å². The zero-order valence-electron chi connectivity index (χ0n) is 15.1. The zero-order chi connectivity index (χ0) is 18.5. The minimum atomic E-state index is -0.177. The molecule has 1 aliphatic carbocycles. The summed E-state index contributed by atoms with van der Waals surface area (Å²) in [7, 11) is 0. The molecule has 0 radical (unpaired) electrons. The molecule has 2 aromatic carbocycles. The van der Waals surface area contributed by atoms with Gasteiger partial charge in [-0.15, -0.1) is 0 Å². The summed E-state index contributed by atoms with van der Waals surface area (Å²) in [6, 6.07) is 22.0. The second-order valence-electron chi connectivity index (χ2n) is 6.74. The number of hydrogen-bond acceptors (Lipinski definition) is 4. The lowest BCUT2D eigenvalue weighted by atomic mass is 10.1. The lowest BCUT2D eigenvalue weighted by Gasteiger charge is -2.10. The van der Waals surface area contributed by atoms with Gasteiger partial charge in [-0.3, -0.25) is 4.79 Å². The number of hydrogen-bond donors (Lipinski definition) is 2. The summed E-state index contributed by atoms with van der Waals surface area (Å²) in [6.45, 7) is 0.568. The van der Waals surface area contributed by atoms with Crippen molar-refractivity contribution in [3.05, 3.63) is 78.0 Å². The van der Waals surface area contributed by atoms with E-state index in [0.717, 1.165) is 24.8 Å². The van der Waals surface area contributed by atoms with Crippen LogP contribution in [0.3, 0.4) is 0 Å². The van der Waals surface area contributed by atoms with Gasteiger partial charge >= 0.3 is 0 Å². The molecule has 27 heavy (non-hydrogen) atoms. The number of amides is 1. The van der Waals surface area contributed by atoms with Crippen LogP contribution in [-0.4, -0.2) is 28.5 Å². The molecular weight excluding hydrogens is 336 g/mol. The molecule has 0 aliphatic heterocycles. The summed E-state index contributed by atoms with van der Waals surface area (Å²) in [5.74, 6) is 1.10. The van der Waals surface area contributed by atoms with Gasteiger partial charge in [0.1, 0.15) is 11.5 Å². The molecule has 1 fully saturated rings. The van der Waals surface area contributed by atoms with E-state index in [1.807, 2.05) is 48.5 Å². The van der Waals surface area contributed by atoms with Gasteiger partial charge in [0.25, 0.3) is 5.91 Å². The van der Waals surface area contributed by atoms with E-state index < -0.39 is 0 Å². The highest BCUT2D eigenvalue weighted by molar-refractivity contribution is 5.93. The van der Waals surface area contributed by atoms with Gasteiger partial charge < -0.3 is 10.6 Å². The molecule has 0 atom stereocenters. The smallest absolute Gasteiger partial charge is 0.270 e. The number of nitrogens with zero attached hydrogens (tertiary/aromatic N) is 2. The molecule has 5 nitrogen and oxygen atoms in total. The predicted molar refractivity (Wildman–Crippen MR) is 107 cm³/mol. The van der Waals surface area contributed by atoms with Crippen LogP contribution in [0.15, 0.2) is 66.7 Å². The van der Waals surface area contributed by atoms with E-state index in [-0.39, 0.29) is 5.91 Å². The van der Waals surface area contributed by atoms with E-state index in [4.69, 9.17) is 0 Å². The fraction of sp³-hybridized carbons (Fsp3) is 0.227. The minimum absolute atomic E-state index is 0.177. The average molecular weight is 358 g/mol. The summed E-state index contributed by atoms with van der Waals surface area (Å²) < 4.78 is 0. The van der Waals surface area contributed by atoms with Crippen LogP contribution in [0, 0.1) is 0 Å². The largest absolute Gasteiger partial charge is 0.367 e. The zero-order valence-corrected chi connectivity index (χ0v) is 15.1. The van der Waals surface area contributed by atoms with Crippen LogP contribution >= 0.6 is 0 Å². The summed E-state index contributed by atoms with van der Waals surface area (Å²) >= 11 is 0. The average Bonchev–Trinajstić information content (AvgIpc) is 3.53. The molecule has 0 bridgehead atoms. The van der Waals surface area contributed by atoms with Crippen LogP contribution in [0.4, 0.5) is 5.82 Å². The third-order valence-corrected chi connectivity index (χ3v) is 4.46. The lowest BCUT2D eigenvalue weighted by Crippen LogP contribution is -2.27. The van der Waals surface area contributed by atoms with E-state index in [1.54, 1.807) is 6.07 Å². The van der Waals surface area contributed by atoms with Crippen molar-refractivity contribution in [2.24, 2.45) is 0 Å². The van der Waals surface area contributed by atoms with E-state index in [0.29, 0.717) is 29.9 Å². The first-order chi connectivity index (χ1) is 13.3. The number of anilines is 1. The standard InChI is InChI=1S/C22H22N4O/c27-22(23-14-13-16-7-3-1-4-8-16)19-15-20(24-18-11-12-18)26-21(25-19)17-9-5-2-6-10-17/h1-10,15,18H,11-14H2,(H,23,27)(H,24,25,26). The van der Waals surface area contributed by atoms with Crippen LogP contribution in [0.25, 0.3) is 11.4 Å². The van der Waals surface area contributed by atoms with Crippen LogP contribution in [0.5, 0.6) is 0 Å². The first-order valence-corrected chi connectivity index (χ1v) is 9.31. The third kappa shape index (κ3) is 4.70. The van der Waals surface area contributed by atoms with Crippen LogP contribution in [0.2, 0.25) is 0 Å². The van der Waals surface area contributed by atoms with Gasteiger partial charge in [-0.1, -0.05) is 60.7 Å². The molecule has 0 unspecified atom stereocenters. The summed E-state index contributed by atoms with van der Waals surface area (Å²) in [5, 5.41) is 6.34. The highest BCUT2D eigenvalue weighted by atomic mass is 16.1. The molecule has 3 aromatic rings. The van der Waals surface area contributed by atoms with Crippen LogP contribution in [-0.2, 0) is 6.42 Å². The van der Waals surface area contributed by atoms with Crippen molar-refractivity contribution in [1.29, 1.82) is 0 Å². The maximum absolute atomic E-state index is 12.6. The highest BCUT2D eigenvalue weighted by Gasteiger charge is 2.22. The minimum Gasteiger partial charge on any atom is -0.367 e. The maximum Gasteiger partial charge on any atom is 0.270 e. The molecule has 1 aromatic heterocycles. The van der Waals surface area contributed by atoms with Crippen molar-refractivity contribution in [2.45, 2.75) is 25.3 Å². The number of rotatable bonds is 7. The first kappa shape index (κ1) is 17.2. The molecule has 2 N–H and O–H groups in total. The molecule has 136 valence electrons. The van der Waals surface area contributed by atoms with Gasteiger partial charge in [0.05, 0.1) is 0 Å². The summed E-state index contributed by atoms with van der Waals surface area (Å²) in [5.41, 5.74) is 2.48. The summed E-state index contributed by atoms with van der Waals surface area (Å²) in [4.78, 5) is 21.7. The Bertz CT molecular complexity index is 908. The molecule has 1 heterocycles. The quantitative estimate of drug-likeness (QED) is 0.676. The third-order valence-electron chi connectivity index (χ3n) is 4.46. The van der Waals surface area contributed by atoms with Gasteiger partial charge in [0, 0.05) is 24.2 Å². The Morgan fingerprint density at radius 1 is 0.963 bits per heavy atom.